The number of hydrogen-bond donors (Lipinski definition) is 0. The fourth-order valence-electron chi connectivity index (χ4n) is 0.642. The van der Waals surface area contributed by atoms with E-state index >= 15 is 0 Å². The van der Waals surface area contributed by atoms with Crippen molar-refractivity contribution in [1.82, 2.24) is 13.9 Å². The molecular formula is C6H3N3S. The average Bonchev–Trinajstić information content (AvgIpc) is 2.59. The molecular weight excluding hydrogens is 146 g/mol. The van der Waals surface area contributed by atoms with E-state index in [0.717, 1.165) is 5.82 Å². The van der Waals surface area contributed by atoms with Crippen LogP contribution in [0.3, 0.4) is 0 Å². The molecule has 2 heterocycles. The Labute approximate surface area is 62.1 Å². The van der Waals surface area contributed by atoms with Crippen LogP contribution >= 0.6 is 11.5 Å². The molecule has 0 bridgehead atoms. The van der Waals surface area contributed by atoms with Crippen molar-refractivity contribution < 1.29 is 0 Å². The van der Waals surface area contributed by atoms with Gasteiger partial charge in [0.1, 0.15) is 0 Å². The van der Waals surface area contributed by atoms with Crippen LogP contribution in [0.4, 0.5) is 0 Å². The van der Waals surface area contributed by atoms with Crippen molar-refractivity contribution in [2.24, 2.45) is 0 Å². The highest BCUT2D eigenvalue weighted by Crippen LogP contribution is 2.03. The van der Waals surface area contributed by atoms with Crippen molar-refractivity contribution in [2.45, 2.75) is 0 Å². The third-order valence-electron chi connectivity index (χ3n) is 1.06. The lowest BCUT2D eigenvalue weighted by Crippen LogP contribution is -1.88. The highest BCUT2D eigenvalue weighted by molar-refractivity contribution is 7.03. The topological polar surface area (TPSA) is 30.7 Å². The van der Waals surface area contributed by atoms with Gasteiger partial charge in [0, 0.05) is 23.8 Å². The number of aromatic nitrogens is 3. The molecule has 0 fully saturated rings. The quantitative estimate of drug-likeness (QED) is 0.603. The van der Waals surface area contributed by atoms with E-state index in [9.17, 15) is 0 Å². The summed E-state index contributed by atoms with van der Waals surface area (Å²) in [6.07, 6.45) is 6.16. The fraction of sp³-hybridized carbons (Fsp3) is 0. The van der Waals surface area contributed by atoms with Gasteiger partial charge in [0.05, 0.1) is 0 Å². The molecule has 0 aliphatic rings. The van der Waals surface area contributed by atoms with E-state index in [1.807, 2.05) is 0 Å². The number of imidazole rings is 1. The summed E-state index contributed by atoms with van der Waals surface area (Å²) in [5, 5.41) is 1.79. The standard InChI is InChI=1S/C6H3N3S/c1-4-10-8-6(1)9-3-2-7-5-9/h2-4H. The summed E-state index contributed by atoms with van der Waals surface area (Å²) < 4.78 is 5.73. The van der Waals surface area contributed by atoms with E-state index in [1.54, 1.807) is 22.3 Å². The van der Waals surface area contributed by atoms with Gasteiger partial charge in [0.25, 0.3) is 0 Å². The fourth-order valence-corrected chi connectivity index (χ4v) is 1.09. The largest absolute Gasteiger partial charge is 0.280 e. The average molecular weight is 149 g/mol. The molecule has 2 aromatic heterocycles. The zero-order valence-corrected chi connectivity index (χ0v) is 5.80. The maximum Gasteiger partial charge on any atom is 0.182 e. The van der Waals surface area contributed by atoms with E-state index in [0.29, 0.717) is 0 Å². The lowest BCUT2D eigenvalue weighted by molar-refractivity contribution is 1.01. The molecule has 0 saturated heterocycles. The first-order valence-electron chi connectivity index (χ1n) is 2.70. The Balaban J connectivity index is 2.48. The molecule has 0 spiro atoms. The van der Waals surface area contributed by atoms with E-state index in [-0.39, 0.29) is 0 Å². The number of nitrogens with zero attached hydrogens (tertiary/aromatic N) is 3. The zero-order valence-electron chi connectivity index (χ0n) is 4.98. The second kappa shape index (κ2) is 2.22. The minimum Gasteiger partial charge on any atom is -0.280 e. The van der Waals surface area contributed by atoms with Crippen LogP contribution in [0, 0.1) is 12.4 Å². The minimum absolute atomic E-state index is 0.752. The molecule has 2 aromatic rings. The summed E-state index contributed by atoms with van der Waals surface area (Å²) in [6, 6.07) is 2.94. The Bertz CT molecular complexity index is 252. The SMILES string of the molecule is [c]1csnc1-n1[c]ncc1. The Hall–Kier alpha value is -1.16. The summed E-state index contributed by atoms with van der Waals surface area (Å²) in [5.74, 6) is 0.752. The zero-order chi connectivity index (χ0) is 6.81. The van der Waals surface area contributed by atoms with Crippen molar-refractivity contribution >= 4 is 11.5 Å². The third-order valence-corrected chi connectivity index (χ3v) is 1.57. The predicted octanol–water partition coefficient (Wildman–Crippen LogP) is 0.929. The predicted molar refractivity (Wildman–Crippen MR) is 36.9 cm³/mol. The molecule has 0 atom stereocenters. The second-order valence-electron chi connectivity index (χ2n) is 1.68. The van der Waals surface area contributed by atoms with E-state index < -0.39 is 0 Å². The molecule has 0 aliphatic heterocycles. The molecule has 48 valence electrons. The molecule has 0 amide bonds. The van der Waals surface area contributed by atoms with Crippen molar-refractivity contribution in [2.75, 3.05) is 0 Å². The molecule has 0 aromatic carbocycles. The molecule has 4 heteroatoms. The Kier molecular flexibility index (Phi) is 1.25. The van der Waals surface area contributed by atoms with Crippen LogP contribution in [0.2, 0.25) is 0 Å². The first-order valence-corrected chi connectivity index (χ1v) is 3.54. The molecule has 0 unspecified atom stereocenters. The highest BCUT2D eigenvalue weighted by atomic mass is 32.1. The Morgan fingerprint density at radius 3 is 3.20 bits per heavy atom. The van der Waals surface area contributed by atoms with Gasteiger partial charge in [0.15, 0.2) is 12.1 Å². The lowest BCUT2D eigenvalue weighted by atomic mass is 10.6. The van der Waals surface area contributed by atoms with Gasteiger partial charge in [-0.15, -0.1) is 0 Å². The minimum atomic E-state index is 0.752. The van der Waals surface area contributed by atoms with Crippen LogP contribution in [0.25, 0.3) is 5.82 Å². The van der Waals surface area contributed by atoms with Gasteiger partial charge in [0.2, 0.25) is 0 Å². The van der Waals surface area contributed by atoms with Crippen LogP contribution in [0.1, 0.15) is 0 Å². The van der Waals surface area contributed by atoms with Crippen LogP contribution in [-0.2, 0) is 0 Å². The molecule has 10 heavy (non-hydrogen) atoms. The molecule has 0 saturated carbocycles. The number of hydrogen-bond acceptors (Lipinski definition) is 3. The smallest absolute Gasteiger partial charge is 0.182 e. The third kappa shape index (κ3) is 0.823. The van der Waals surface area contributed by atoms with Crippen molar-refractivity contribution in [1.29, 1.82) is 0 Å². The summed E-state index contributed by atoms with van der Waals surface area (Å²) in [7, 11) is 0. The highest BCUT2D eigenvalue weighted by Gasteiger charge is 1.95. The monoisotopic (exact) mass is 149 g/mol. The van der Waals surface area contributed by atoms with Crippen molar-refractivity contribution in [3.63, 3.8) is 0 Å². The maximum atomic E-state index is 4.04. The van der Waals surface area contributed by atoms with Crippen LogP contribution < -0.4 is 0 Å². The van der Waals surface area contributed by atoms with Gasteiger partial charge in [-0.1, -0.05) is 0 Å². The Morgan fingerprint density at radius 2 is 2.60 bits per heavy atom. The lowest BCUT2D eigenvalue weighted by Gasteiger charge is -1.89. The van der Waals surface area contributed by atoms with Crippen LogP contribution in [0.5, 0.6) is 0 Å². The second-order valence-corrected chi connectivity index (χ2v) is 2.31. The van der Waals surface area contributed by atoms with Crippen LogP contribution in [-0.4, -0.2) is 13.9 Å². The van der Waals surface area contributed by atoms with Gasteiger partial charge in [-0.2, -0.15) is 4.37 Å². The molecule has 2 radical (unpaired) electrons. The molecule has 2 rings (SSSR count). The molecule has 0 aliphatic carbocycles. The molecule has 3 nitrogen and oxygen atoms in total. The summed E-state index contributed by atoms with van der Waals surface area (Å²) in [4.78, 5) is 3.76. The van der Waals surface area contributed by atoms with Crippen molar-refractivity contribution in [3.8, 4) is 5.82 Å². The van der Waals surface area contributed by atoms with Crippen molar-refractivity contribution in [3.05, 3.63) is 30.2 Å². The number of rotatable bonds is 1. The van der Waals surface area contributed by atoms with Gasteiger partial charge >= 0.3 is 0 Å². The molecule has 0 N–H and O–H groups in total. The summed E-state index contributed by atoms with van der Waals surface area (Å²) in [6.45, 7) is 0. The normalized spacial score (nSPS) is 10.0. The van der Waals surface area contributed by atoms with Gasteiger partial charge in [-0.3, -0.25) is 4.57 Å². The van der Waals surface area contributed by atoms with E-state index in [2.05, 4.69) is 21.8 Å². The first-order chi connectivity index (χ1) is 4.97. The summed E-state index contributed by atoms with van der Waals surface area (Å²) >= 11 is 1.36. The van der Waals surface area contributed by atoms with Gasteiger partial charge < -0.3 is 0 Å². The van der Waals surface area contributed by atoms with E-state index in [4.69, 9.17) is 0 Å². The summed E-state index contributed by atoms with van der Waals surface area (Å²) in [5.41, 5.74) is 0. The Morgan fingerprint density at radius 1 is 1.60 bits per heavy atom. The van der Waals surface area contributed by atoms with Gasteiger partial charge in [-0.05, 0) is 11.5 Å². The first kappa shape index (κ1) is 5.61. The van der Waals surface area contributed by atoms with E-state index in [1.165, 1.54) is 11.5 Å². The van der Waals surface area contributed by atoms with Crippen LogP contribution in [0.15, 0.2) is 17.8 Å². The maximum absolute atomic E-state index is 4.04. The van der Waals surface area contributed by atoms with Gasteiger partial charge in [-0.25, -0.2) is 4.98 Å².